The lowest BCUT2D eigenvalue weighted by Gasteiger charge is -2.08. The maximum Gasteiger partial charge on any atom is 0.320 e. The molecule has 58 valence electrons. The SMILES string of the molecule is CN(C(N)=O)c1n[c]([AlH2])cs1. The molecule has 1 aromatic rings. The highest BCUT2D eigenvalue weighted by atomic mass is 32.1. The molecule has 0 aliphatic rings. The highest BCUT2D eigenvalue weighted by Crippen LogP contribution is 2.12. The average Bonchev–Trinajstić information content (AvgIpc) is 2.34. The fraction of sp³-hybridized carbons (Fsp3) is 0.200. The molecule has 0 aliphatic heterocycles. The molecule has 0 unspecified atom stereocenters. The van der Waals surface area contributed by atoms with Crippen molar-refractivity contribution < 1.29 is 4.79 Å². The fourth-order valence-electron chi connectivity index (χ4n) is 0.590. The van der Waals surface area contributed by atoms with Crippen LogP contribution in [-0.2, 0) is 0 Å². The molecule has 0 aliphatic carbocycles. The Bertz CT molecular complexity index is 274. The van der Waals surface area contributed by atoms with Gasteiger partial charge in [-0.05, 0) is 9.94 Å². The van der Waals surface area contributed by atoms with Crippen molar-refractivity contribution >= 4 is 43.3 Å². The number of rotatable bonds is 1. The van der Waals surface area contributed by atoms with Crippen molar-refractivity contribution in [1.82, 2.24) is 4.98 Å². The van der Waals surface area contributed by atoms with E-state index in [1.54, 1.807) is 7.05 Å². The third-order valence-corrected chi connectivity index (χ3v) is 3.19. The number of nitrogens with two attached hydrogens (primary N) is 1. The van der Waals surface area contributed by atoms with Crippen molar-refractivity contribution in [2.45, 2.75) is 0 Å². The zero-order chi connectivity index (χ0) is 8.43. The molecule has 0 bridgehead atoms. The zero-order valence-electron chi connectivity index (χ0n) is 6.37. The Morgan fingerprint density at radius 1 is 1.91 bits per heavy atom. The minimum Gasteiger partial charge on any atom is -0.351 e. The predicted molar refractivity (Wildman–Crippen MR) is 48.3 cm³/mol. The minimum atomic E-state index is -0.471. The summed E-state index contributed by atoms with van der Waals surface area (Å²) in [5, 5.41) is 2.60. The van der Waals surface area contributed by atoms with Crippen molar-refractivity contribution in [3.05, 3.63) is 5.38 Å². The molecule has 0 saturated heterocycles. The van der Waals surface area contributed by atoms with Gasteiger partial charge in [-0.1, -0.05) is 0 Å². The van der Waals surface area contributed by atoms with Crippen LogP contribution in [0.15, 0.2) is 5.38 Å². The van der Waals surface area contributed by atoms with Gasteiger partial charge < -0.3 is 5.73 Å². The number of thiazole rings is 1. The van der Waals surface area contributed by atoms with Crippen molar-refractivity contribution in [1.29, 1.82) is 0 Å². The quantitative estimate of drug-likeness (QED) is 0.565. The number of urea groups is 1. The Kier molecular flexibility index (Phi) is 2.50. The van der Waals surface area contributed by atoms with E-state index < -0.39 is 6.03 Å². The van der Waals surface area contributed by atoms with Crippen LogP contribution < -0.4 is 15.2 Å². The summed E-state index contributed by atoms with van der Waals surface area (Å²) in [5.41, 5.74) is 5.04. The largest absolute Gasteiger partial charge is 0.351 e. The molecule has 0 saturated carbocycles. The predicted octanol–water partition coefficient (Wildman–Crippen LogP) is -1.08. The molecule has 6 heteroatoms. The highest BCUT2D eigenvalue weighted by Gasteiger charge is 2.08. The average molecular weight is 185 g/mol. The lowest BCUT2D eigenvalue weighted by molar-refractivity contribution is 0.255. The number of anilines is 1. The molecular formula is C5H8AlN3OS. The van der Waals surface area contributed by atoms with Crippen molar-refractivity contribution in [3.63, 3.8) is 0 Å². The van der Waals surface area contributed by atoms with Gasteiger partial charge in [0.1, 0.15) is 0 Å². The van der Waals surface area contributed by atoms with Gasteiger partial charge in [0.15, 0.2) is 5.13 Å². The normalized spacial score (nSPS) is 9.55. The fourth-order valence-corrected chi connectivity index (χ4v) is 2.09. The topological polar surface area (TPSA) is 59.2 Å². The zero-order valence-corrected chi connectivity index (χ0v) is 9.18. The lowest BCUT2D eigenvalue weighted by atomic mass is 10.8. The van der Waals surface area contributed by atoms with Crippen LogP contribution in [0.5, 0.6) is 0 Å². The highest BCUT2D eigenvalue weighted by molar-refractivity contribution is 7.14. The number of carbonyl (C=O) groups excluding carboxylic acids is 1. The van der Waals surface area contributed by atoms with E-state index in [4.69, 9.17) is 5.73 Å². The van der Waals surface area contributed by atoms with Gasteiger partial charge >= 0.3 is 6.03 Å². The Labute approximate surface area is 76.4 Å². The van der Waals surface area contributed by atoms with Crippen LogP contribution in [0.1, 0.15) is 0 Å². The van der Waals surface area contributed by atoms with E-state index >= 15 is 0 Å². The maximum atomic E-state index is 10.6. The molecular weight excluding hydrogens is 177 g/mol. The first-order valence-corrected chi connectivity index (χ1v) is 4.94. The van der Waals surface area contributed by atoms with Crippen molar-refractivity contribution in [2.75, 3.05) is 11.9 Å². The van der Waals surface area contributed by atoms with Gasteiger partial charge in [-0.3, -0.25) is 4.90 Å². The van der Waals surface area contributed by atoms with Crippen LogP contribution in [0.25, 0.3) is 0 Å². The van der Waals surface area contributed by atoms with E-state index in [1.165, 1.54) is 16.2 Å². The summed E-state index contributed by atoms with van der Waals surface area (Å²) in [6.45, 7) is 0. The number of carbonyl (C=O) groups is 1. The molecule has 0 aromatic carbocycles. The molecule has 2 N–H and O–H groups in total. The molecule has 11 heavy (non-hydrogen) atoms. The van der Waals surface area contributed by atoms with Gasteiger partial charge in [0.05, 0.1) is 0 Å². The van der Waals surface area contributed by atoms with E-state index in [1.807, 2.05) is 5.38 Å². The summed E-state index contributed by atoms with van der Waals surface area (Å²) in [7, 11) is 1.61. The first-order valence-electron chi connectivity index (χ1n) is 3.06. The summed E-state index contributed by atoms with van der Waals surface area (Å²) in [6, 6.07) is -0.471. The van der Waals surface area contributed by atoms with Gasteiger partial charge in [-0.15, -0.1) is 11.3 Å². The molecule has 1 heterocycles. The van der Waals surface area contributed by atoms with E-state index in [9.17, 15) is 4.79 Å². The van der Waals surface area contributed by atoms with Crippen LogP contribution in [0.3, 0.4) is 0 Å². The first kappa shape index (κ1) is 8.53. The summed E-state index contributed by atoms with van der Waals surface area (Å²) in [5.74, 6) is 0. The van der Waals surface area contributed by atoms with Gasteiger partial charge in [-0.2, -0.15) is 0 Å². The molecule has 0 fully saturated rings. The minimum absolute atomic E-state index is 0.471. The van der Waals surface area contributed by atoms with Crippen LogP contribution in [0, 0.1) is 0 Å². The summed E-state index contributed by atoms with van der Waals surface area (Å²) >= 11 is 2.34. The third-order valence-electron chi connectivity index (χ3n) is 1.22. The smallest absolute Gasteiger partial charge is 0.320 e. The summed E-state index contributed by atoms with van der Waals surface area (Å²) < 4.78 is 1.04. The Balaban J connectivity index is 2.84. The maximum absolute atomic E-state index is 10.6. The first-order chi connectivity index (χ1) is 5.11. The number of aromatic nitrogens is 1. The Morgan fingerprint density at radius 3 is 2.91 bits per heavy atom. The number of nitrogens with zero attached hydrogens (tertiary/aromatic N) is 2. The van der Waals surface area contributed by atoms with Gasteiger partial charge in [0.25, 0.3) is 16.3 Å². The standard InChI is InChI=1S/C5H6N3OS.Al.2H/c1-8(4(6)9)5-7-2-3-10-5;;;/h3H,1H3,(H2,6,9);;;. The molecule has 0 spiro atoms. The van der Waals surface area contributed by atoms with E-state index in [2.05, 4.69) is 4.98 Å². The van der Waals surface area contributed by atoms with Crippen LogP contribution in [0.4, 0.5) is 9.93 Å². The third kappa shape index (κ3) is 1.93. The van der Waals surface area contributed by atoms with Crippen LogP contribution >= 0.6 is 11.3 Å². The van der Waals surface area contributed by atoms with Crippen LogP contribution in [-0.4, -0.2) is 34.4 Å². The summed E-state index contributed by atoms with van der Waals surface area (Å²) in [6.07, 6.45) is 0. The second-order valence-corrected chi connectivity index (χ2v) is 4.03. The van der Waals surface area contributed by atoms with Crippen LogP contribution in [0.2, 0.25) is 0 Å². The number of hydrogen-bond acceptors (Lipinski definition) is 3. The monoisotopic (exact) mass is 185 g/mol. The molecule has 4 nitrogen and oxygen atoms in total. The van der Waals surface area contributed by atoms with Gasteiger partial charge in [0.2, 0.25) is 0 Å². The molecule has 0 radical (unpaired) electrons. The lowest BCUT2D eigenvalue weighted by Crippen LogP contribution is -2.32. The number of hydrogen-bond donors (Lipinski definition) is 1. The number of amides is 2. The molecule has 0 atom stereocenters. The van der Waals surface area contributed by atoms with Gasteiger partial charge in [-0.25, -0.2) is 9.78 Å². The Morgan fingerprint density at radius 2 is 2.55 bits per heavy atom. The molecule has 1 rings (SSSR count). The van der Waals surface area contributed by atoms with Crippen molar-refractivity contribution in [2.24, 2.45) is 5.73 Å². The second-order valence-electron chi connectivity index (χ2n) is 2.17. The van der Waals surface area contributed by atoms with E-state index in [0.29, 0.717) is 5.13 Å². The van der Waals surface area contributed by atoms with Gasteiger partial charge in [0, 0.05) is 7.05 Å². The number of primary amides is 1. The summed E-state index contributed by atoms with van der Waals surface area (Å²) in [4.78, 5) is 16.1. The Hall–Kier alpha value is -0.568. The van der Waals surface area contributed by atoms with E-state index in [-0.39, 0.29) is 0 Å². The second kappa shape index (κ2) is 3.22. The molecule has 1 aromatic heterocycles. The van der Waals surface area contributed by atoms with Crippen molar-refractivity contribution in [3.8, 4) is 0 Å². The molecule has 2 amide bonds. The van der Waals surface area contributed by atoms with E-state index in [0.717, 1.165) is 20.8 Å².